The third kappa shape index (κ3) is 4.52. The second-order valence-electron chi connectivity index (χ2n) is 14.1. The standard InChI is InChI=1S/C34H44O8/c1-21-24(9-10-28(35)41-21)25-14-18-34(39)27-13-17-33(38)19-23(11-15-31(33,2)26(27)12-16-32(25,34)3)42-30(37)29(36)40-20-22-7-5-4-6-8-22/h4-10,21,23-27,38-39H,11-20H2,1-3H3/t21?,23-,24?,25+,26-,27+,31+,32+,33-,34-/m0/s1. The van der Waals surface area contributed by atoms with Crippen molar-refractivity contribution in [1.29, 1.82) is 0 Å². The van der Waals surface area contributed by atoms with Gasteiger partial charge in [-0.1, -0.05) is 50.3 Å². The Hall–Kier alpha value is -2.71. The zero-order valence-electron chi connectivity index (χ0n) is 24.9. The number of rotatable bonds is 4. The SMILES string of the molecule is CC1OC(=O)C=CC1[C@H]1CC[C@]2(O)[C@@H]3CC[C@]4(O)C[C@@H](OC(=O)C(=O)OCc5ccccc5)CC[C@]4(C)[C@H]3CC[C@]12C. The number of ether oxygens (including phenoxy) is 3. The Morgan fingerprint density at radius 3 is 2.33 bits per heavy atom. The van der Waals surface area contributed by atoms with Gasteiger partial charge in [0.1, 0.15) is 18.8 Å². The maximum Gasteiger partial charge on any atom is 0.417 e. The third-order valence-electron chi connectivity index (χ3n) is 12.4. The number of aliphatic hydroxyl groups is 2. The Bertz CT molecular complexity index is 1260. The van der Waals surface area contributed by atoms with Crippen LogP contribution in [0.5, 0.6) is 0 Å². The first-order valence-electron chi connectivity index (χ1n) is 15.7. The van der Waals surface area contributed by atoms with E-state index in [2.05, 4.69) is 13.8 Å². The van der Waals surface area contributed by atoms with Crippen molar-refractivity contribution < 1.29 is 38.8 Å². The molecule has 0 amide bonds. The van der Waals surface area contributed by atoms with Crippen molar-refractivity contribution in [2.75, 3.05) is 0 Å². The number of cyclic esters (lactones) is 1. The summed E-state index contributed by atoms with van der Waals surface area (Å²) in [5, 5.41) is 24.6. The van der Waals surface area contributed by atoms with Crippen LogP contribution in [-0.4, -0.2) is 51.5 Å². The summed E-state index contributed by atoms with van der Waals surface area (Å²) in [4.78, 5) is 36.7. The number of hydrogen-bond donors (Lipinski definition) is 2. The third-order valence-corrected chi connectivity index (χ3v) is 12.4. The molecule has 8 nitrogen and oxygen atoms in total. The summed E-state index contributed by atoms with van der Waals surface area (Å²) in [6, 6.07) is 9.15. The predicted octanol–water partition coefficient (Wildman–Crippen LogP) is 4.65. The first-order valence-corrected chi connectivity index (χ1v) is 15.7. The van der Waals surface area contributed by atoms with Crippen LogP contribution in [0, 0.1) is 34.5 Å². The van der Waals surface area contributed by atoms with Gasteiger partial charge >= 0.3 is 17.9 Å². The normalized spacial score (nSPS) is 44.3. The smallest absolute Gasteiger partial charge is 0.417 e. The Balaban J connectivity index is 1.13. The van der Waals surface area contributed by atoms with Crippen LogP contribution in [-0.2, 0) is 35.2 Å². The summed E-state index contributed by atoms with van der Waals surface area (Å²) in [5.41, 5.74) is -1.87. The van der Waals surface area contributed by atoms with Crippen molar-refractivity contribution in [2.45, 2.75) is 109 Å². The zero-order chi connectivity index (χ0) is 29.9. The second-order valence-corrected chi connectivity index (χ2v) is 14.1. The van der Waals surface area contributed by atoms with E-state index in [0.29, 0.717) is 32.1 Å². The molecule has 1 heterocycles. The number of benzene rings is 1. The maximum atomic E-state index is 12.6. The van der Waals surface area contributed by atoms with Gasteiger partial charge in [0, 0.05) is 23.8 Å². The molecule has 0 aromatic heterocycles. The minimum Gasteiger partial charge on any atom is -0.459 e. The summed E-state index contributed by atoms with van der Waals surface area (Å²) < 4.78 is 16.3. The quantitative estimate of drug-likeness (QED) is 0.300. The molecule has 5 aliphatic rings. The average molecular weight is 581 g/mol. The van der Waals surface area contributed by atoms with Gasteiger partial charge in [0.05, 0.1) is 11.2 Å². The van der Waals surface area contributed by atoms with E-state index in [1.807, 2.05) is 43.3 Å². The predicted molar refractivity (Wildman–Crippen MR) is 152 cm³/mol. The van der Waals surface area contributed by atoms with E-state index in [1.165, 1.54) is 6.08 Å². The van der Waals surface area contributed by atoms with Crippen LogP contribution >= 0.6 is 0 Å². The number of carbonyl (C=O) groups excluding carboxylic acids is 3. The van der Waals surface area contributed by atoms with Gasteiger partial charge in [-0.25, -0.2) is 14.4 Å². The lowest BCUT2D eigenvalue weighted by molar-refractivity contribution is -0.259. The van der Waals surface area contributed by atoms with Gasteiger partial charge in [0.2, 0.25) is 0 Å². The summed E-state index contributed by atoms with van der Waals surface area (Å²) in [6.45, 7) is 6.33. The van der Waals surface area contributed by atoms with Crippen molar-refractivity contribution in [3.8, 4) is 0 Å². The Labute approximate surface area is 247 Å². The van der Waals surface area contributed by atoms with Gasteiger partial charge in [-0.15, -0.1) is 0 Å². The van der Waals surface area contributed by atoms with Gasteiger partial charge in [0.25, 0.3) is 0 Å². The monoisotopic (exact) mass is 580 g/mol. The largest absolute Gasteiger partial charge is 0.459 e. The van der Waals surface area contributed by atoms with Crippen LogP contribution in [0.2, 0.25) is 0 Å². The number of esters is 3. The first-order chi connectivity index (χ1) is 19.9. The summed E-state index contributed by atoms with van der Waals surface area (Å²) in [5.74, 6) is -1.85. The van der Waals surface area contributed by atoms with Crippen LogP contribution in [0.15, 0.2) is 42.5 Å². The molecule has 1 aliphatic heterocycles. The first kappa shape index (κ1) is 29.4. The molecule has 6 rings (SSSR count). The van der Waals surface area contributed by atoms with E-state index in [1.54, 1.807) is 0 Å². The molecule has 0 radical (unpaired) electrons. The van der Waals surface area contributed by atoms with Crippen molar-refractivity contribution in [2.24, 2.45) is 34.5 Å². The van der Waals surface area contributed by atoms with E-state index in [-0.39, 0.29) is 54.2 Å². The molecular formula is C34H44O8. The van der Waals surface area contributed by atoms with Crippen LogP contribution in [0.25, 0.3) is 0 Å². The molecule has 1 aromatic rings. The number of carbonyl (C=O) groups is 3. The molecule has 10 atom stereocenters. The van der Waals surface area contributed by atoms with E-state index >= 15 is 0 Å². The number of fused-ring (bicyclic) bond motifs is 5. The second kappa shape index (κ2) is 10.5. The van der Waals surface area contributed by atoms with Gasteiger partial charge in [-0.05, 0) is 87.0 Å². The van der Waals surface area contributed by atoms with Crippen molar-refractivity contribution >= 4 is 17.9 Å². The molecule has 8 heteroatoms. The maximum absolute atomic E-state index is 12.6. The fourth-order valence-corrected chi connectivity index (χ4v) is 10.0. The fourth-order valence-electron chi connectivity index (χ4n) is 10.0. The molecule has 0 spiro atoms. The van der Waals surface area contributed by atoms with Crippen molar-refractivity contribution in [3.05, 3.63) is 48.0 Å². The van der Waals surface area contributed by atoms with Crippen LogP contribution in [0.3, 0.4) is 0 Å². The summed E-state index contributed by atoms with van der Waals surface area (Å²) >= 11 is 0. The van der Waals surface area contributed by atoms with Crippen LogP contribution in [0.1, 0.15) is 84.1 Å². The minimum atomic E-state index is -1.05. The lowest BCUT2D eigenvalue weighted by Crippen LogP contribution is -2.67. The van der Waals surface area contributed by atoms with Gasteiger partial charge in [0.15, 0.2) is 0 Å². The Kier molecular flexibility index (Phi) is 7.32. The molecule has 4 saturated carbocycles. The molecule has 1 aromatic carbocycles. The van der Waals surface area contributed by atoms with Crippen LogP contribution in [0.4, 0.5) is 0 Å². The molecule has 228 valence electrons. The highest BCUT2D eigenvalue weighted by Crippen LogP contribution is 2.71. The molecule has 42 heavy (non-hydrogen) atoms. The number of hydrogen-bond acceptors (Lipinski definition) is 8. The minimum absolute atomic E-state index is 0.00566. The molecular weight excluding hydrogens is 536 g/mol. The average Bonchev–Trinajstić information content (AvgIpc) is 3.23. The summed E-state index contributed by atoms with van der Waals surface area (Å²) in [7, 11) is 0. The molecule has 0 bridgehead atoms. The van der Waals surface area contributed by atoms with Gasteiger partial charge in [-0.3, -0.25) is 0 Å². The lowest BCUT2D eigenvalue weighted by Gasteiger charge is -2.66. The highest BCUT2D eigenvalue weighted by molar-refractivity contribution is 6.29. The Morgan fingerprint density at radius 1 is 0.905 bits per heavy atom. The zero-order valence-corrected chi connectivity index (χ0v) is 24.9. The Morgan fingerprint density at radius 2 is 1.60 bits per heavy atom. The molecule has 4 fully saturated rings. The van der Waals surface area contributed by atoms with Crippen molar-refractivity contribution in [3.63, 3.8) is 0 Å². The topological polar surface area (TPSA) is 119 Å². The highest BCUT2D eigenvalue weighted by atomic mass is 16.6. The van der Waals surface area contributed by atoms with E-state index in [0.717, 1.165) is 24.8 Å². The molecule has 4 aliphatic carbocycles. The highest BCUT2D eigenvalue weighted by Gasteiger charge is 2.70. The summed E-state index contributed by atoms with van der Waals surface area (Å²) in [6.07, 6.45) is 8.77. The van der Waals surface area contributed by atoms with E-state index in [4.69, 9.17) is 14.2 Å². The van der Waals surface area contributed by atoms with Crippen LogP contribution < -0.4 is 0 Å². The van der Waals surface area contributed by atoms with Crippen molar-refractivity contribution in [1.82, 2.24) is 0 Å². The fraction of sp³-hybridized carbons (Fsp3) is 0.676. The van der Waals surface area contributed by atoms with Gasteiger partial charge < -0.3 is 24.4 Å². The molecule has 0 saturated heterocycles. The van der Waals surface area contributed by atoms with E-state index < -0.39 is 34.7 Å². The van der Waals surface area contributed by atoms with Gasteiger partial charge in [-0.2, -0.15) is 0 Å². The van der Waals surface area contributed by atoms with E-state index in [9.17, 15) is 24.6 Å². The lowest BCUT2D eigenvalue weighted by atomic mass is 9.41. The molecule has 2 unspecified atom stereocenters. The molecule has 2 N–H and O–H groups in total.